The van der Waals surface area contributed by atoms with Gasteiger partial charge in [-0.15, -0.1) is 5.10 Å². The summed E-state index contributed by atoms with van der Waals surface area (Å²) in [5.74, 6) is -0.219. The maximum Gasteiger partial charge on any atom is 0.416 e. The second-order valence-corrected chi connectivity index (χ2v) is 7.07. The quantitative estimate of drug-likeness (QED) is 0.857. The van der Waals surface area contributed by atoms with E-state index >= 15 is 0 Å². The summed E-state index contributed by atoms with van der Waals surface area (Å²) in [6.07, 6.45) is -0.823. The van der Waals surface area contributed by atoms with Crippen LogP contribution < -0.4 is 10.6 Å². The van der Waals surface area contributed by atoms with E-state index in [2.05, 4.69) is 20.9 Å². The molecule has 1 aliphatic heterocycles. The van der Waals surface area contributed by atoms with Crippen LogP contribution in [0.15, 0.2) is 24.3 Å². The molecule has 2 heterocycles. The maximum absolute atomic E-state index is 13.0. The van der Waals surface area contributed by atoms with Gasteiger partial charge in [0.2, 0.25) is 0 Å². The summed E-state index contributed by atoms with van der Waals surface area (Å²) in [4.78, 5) is 12.7. The van der Waals surface area contributed by atoms with E-state index in [0.29, 0.717) is 12.2 Å². The van der Waals surface area contributed by atoms with Crippen LogP contribution in [0.25, 0.3) is 5.69 Å². The van der Waals surface area contributed by atoms with Gasteiger partial charge in [-0.3, -0.25) is 4.79 Å². The number of nitrogens with one attached hydrogen (secondary N) is 2. The Kier molecular flexibility index (Phi) is 4.63. The van der Waals surface area contributed by atoms with E-state index in [0.717, 1.165) is 44.4 Å². The maximum atomic E-state index is 13.0. The monoisotopic (exact) mass is 379 g/mol. The van der Waals surface area contributed by atoms with Crippen molar-refractivity contribution in [3.05, 3.63) is 41.2 Å². The highest BCUT2D eigenvalue weighted by Gasteiger charge is 2.36. The highest BCUT2D eigenvalue weighted by atomic mass is 19.4. The van der Waals surface area contributed by atoms with Crippen molar-refractivity contribution in [3.8, 4) is 5.69 Å². The average molecular weight is 379 g/mol. The molecule has 0 spiro atoms. The second-order valence-electron chi connectivity index (χ2n) is 7.07. The fourth-order valence-electron chi connectivity index (χ4n) is 3.41. The number of piperidine rings is 1. The van der Waals surface area contributed by atoms with E-state index in [4.69, 9.17) is 0 Å². The van der Waals surface area contributed by atoms with E-state index < -0.39 is 11.7 Å². The van der Waals surface area contributed by atoms with Crippen LogP contribution in [0.4, 0.5) is 13.2 Å². The summed E-state index contributed by atoms with van der Waals surface area (Å²) in [6, 6.07) is 4.96. The number of hydrogen-bond donors (Lipinski definition) is 2. The SMILES string of the molecule is O=C(N[C@H]1CCCNC1)c1nnn(-c2cccc(C(F)(F)F)c2)c1C1CC1. The highest BCUT2D eigenvalue weighted by Crippen LogP contribution is 2.42. The van der Waals surface area contributed by atoms with Crippen LogP contribution in [0, 0.1) is 0 Å². The minimum Gasteiger partial charge on any atom is -0.347 e. The molecule has 6 nitrogen and oxygen atoms in total. The largest absolute Gasteiger partial charge is 0.416 e. The molecular formula is C18H20F3N5O. The first-order valence-electron chi connectivity index (χ1n) is 9.08. The molecule has 1 saturated heterocycles. The third-order valence-corrected chi connectivity index (χ3v) is 4.93. The molecule has 1 saturated carbocycles. The van der Waals surface area contributed by atoms with Gasteiger partial charge in [-0.2, -0.15) is 13.2 Å². The number of alkyl halides is 3. The summed E-state index contributed by atoms with van der Waals surface area (Å²) in [6.45, 7) is 1.64. The van der Waals surface area contributed by atoms with Crippen LogP contribution in [0.3, 0.4) is 0 Å². The lowest BCUT2D eigenvalue weighted by molar-refractivity contribution is -0.137. The lowest BCUT2D eigenvalue weighted by atomic mass is 10.1. The van der Waals surface area contributed by atoms with Crippen LogP contribution in [0.1, 0.15) is 53.3 Å². The molecular weight excluding hydrogens is 359 g/mol. The molecule has 0 unspecified atom stereocenters. The molecule has 2 N–H and O–H groups in total. The Bertz CT molecular complexity index is 838. The van der Waals surface area contributed by atoms with Gasteiger partial charge in [0.15, 0.2) is 5.69 Å². The first-order chi connectivity index (χ1) is 12.9. The van der Waals surface area contributed by atoms with Crippen molar-refractivity contribution in [2.45, 2.75) is 43.8 Å². The van der Waals surface area contributed by atoms with Crippen molar-refractivity contribution in [2.24, 2.45) is 0 Å². The molecule has 0 bridgehead atoms. The molecule has 0 radical (unpaired) electrons. The van der Waals surface area contributed by atoms with Gasteiger partial charge in [-0.1, -0.05) is 11.3 Å². The Hall–Kier alpha value is -2.42. The number of rotatable bonds is 4. The Morgan fingerprint density at radius 2 is 2.07 bits per heavy atom. The van der Waals surface area contributed by atoms with Gasteiger partial charge in [-0.05, 0) is 50.4 Å². The second kappa shape index (κ2) is 6.95. The highest BCUT2D eigenvalue weighted by molar-refractivity contribution is 5.94. The van der Waals surface area contributed by atoms with Crippen LogP contribution in [0.2, 0.25) is 0 Å². The van der Waals surface area contributed by atoms with Gasteiger partial charge in [0, 0.05) is 18.5 Å². The number of aromatic nitrogens is 3. The van der Waals surface area contributed by atoms with Crippen molar-refractivity contribution < 1.29 is 18.0 Å². The molecule has 2 aliphatic rings. The van der Waals surface area contributed by atoms with E-state index in [1.54, 1.807) is 6.07 Å². The molecule has 27 heavy (non-hydrogen) atoms. The lowest BCUT2D eigenvalue weighted by Gasteiger charge is -2.23. The van der Waals surface area contributed by atoms with Gasteiger partial charge in [-0.25, -0.2) is 4.68 Å². The zero-order valence-corrected chi connectivity index (χ0v) is 14.6. The molecule has 1 amide bonds. The number of carbonyl (C=O) groups excluding carboxylic acids is 1. The van der Waals surface area contributed by atoms with Crippen molar-refractivity contribution in [2.75, 3.05) is 13.1 Å². The Balaban J connectivity index is 1.64. The molecule has 1 aromatic heterocycles. The summed E-state index contributed by atoms with van der Waals surface area (Å²) in [5.41, 5.74) is 0.310. The molecule has 2 aromatic rings. The predicted octanol–water partition coefficient (Wildman–Crippen LogP) is 2.65. The number of halogens is 3. The van der Waals surface area contributed by atoms with Gasteiger partial charge < -0.3 is 10.6 Å². The van der Waals surface area contributed by atoms with Gasteiger partial charge in [0.1, 0.15) is 0 Å². The summed E-state index contributed by atoms with van der Waals surface area (Å²) >= 11 is 0. The van der Waals surface area contributed by atoms with E-state index in [9.17, 15) is 18.0 Å². The van der Waals surface area contributed by atoms with Crippen molar-refractivity contribution >= 4 is 5.91 Å². The van der Waals surface area contributed by atoms with E-state index in [1.807, 2.05) is 0 Å². The third-order valence-electron chi connectivity index (χ3n) is 4.93. The zero-order chi connectivity index (χ0) is 19.0. The standard InChI is InChI=1S/C18H20F3N5O/c19-18(20,21)12-3-1-5-14(9-12)26-16(11-6-7-11)15(24-25-26)17(27)23-13-4-2-8-22-10-13/h1,3,5,9,11,13,22H,2,4,6-8,10H2,(H,23,27)/t13-/m0/s1. The van der Waals surface area contributed by atoms with Crippen LogP contribution in [-0.2, 0) is 6.18 Å². The number of carbonyl (C=O) groups is 1. The van der Waals surface area contributed by atoms with Crippen molar-refractivity contribution in [1.29, 1.82) is 0 Å². The van der Waals surface area contributed by atoms with Gasteiger partial charge in [0.25, 0.3) is 5.91 Å². The first-order valence-corrected chi connectivity index (χ1v) is 9.08. The molecule has 1 atom stereocenters. The van der Waals surface area contributed by atoms with Crippen molar-refractivity contribution in [1.82, 2.24) is 25.6 Å². The van der Waals surface area contributed by atoms with Crippen molar-refractivity contribution in [3.63, 3.8) is 0 Å². The molecule has 9 heteroatoms. The van der Waals surface area contributed by atoms with E-state index in [-0.39, 0.29) is 29.2 Å². The van der Waals surface area contributed by atoms with E-state index in [1.165, 1.54) is 10.7 Å². The zero-order valence-electron chi connectivity index (χ0n) is 14.6. The van der Waals surface area contributed by atoms with Gasteiger partial charge >= 0.3 is 6.18 Å². The molecule has 144 valence electrons. The third kappa shape index (κ3) is 3.83. The Morgan fingerprint density at radius 3 is 2.74 bits per heavy atom. The summed E-state index contributed by atoms with van der Waals surface area (Å²) in [7, 11) is 0. The molecule has 1 aliphatic carbocycles. The summed E-state index contributed by atoms with van der Waals surface area (Å²) < 4.78 is 40.5. The minimum atomic E-state index is -4.44. The fraction of sp³-hybridized carbons (Fsp3) is 0.500. The van der Waals surface area contributed by atoms with Crippen LogP contribution in [-0.4, -0.2) is 40.0 Å². The smallest absolute Gasteiger partial charge is 0.347 e. The molecule has 2 fully saturated rings. The Morgan fingerprint density at radius 1 is 1.26 bits per heavy atom. The topological polar surface area (TPSA) is 71.8 Å². The minimum absolute atomic E-state index is 0.0250. The van der Waals surface area contributed by atoms with Gasteiger partial charge in [0.05, 0.1) is 16.9 Å². The summed E-state index contributed by atoms with van der Waals surface area (Å²) in [5, 5.41) is 14.2. The number of nitrogens with zero attached hydrogens (tertiary/aromatic N) is 3. The number of hydrogen-bond acceptors (Lipinski definition) is 4. The number of amides is 1. The average Bonchev–Trinajstić information content (AvgIpc) is 3.39. The number of benzene rings is 1. The predicted molar refractivity (Wildman–Crippen MR) is 91.7 cm³/mol. The molecule has 4 rings (SSSR count). The normalized spacial score (nSPS) is 20.5. The lowest BCUT2D eigenvalue weighted by Crippen LogP contribution is -2.45. The van der Waals surface area contributed by atoms with Crippen LogP contribution >= 0.6 is 0 Å². The van der Waals surface area contributed by atoms with Crippen LogP contribution in [0.5, 0.6) is 0 Å². The fourth-order valence-corrected chi connectivity index (χ4v) is 3.41. The first kappa shape index (κ1) is 18.0. The Labute approximate surface area is 154 Å². The molecule has 1 aromatic carbocycles.